The molecule has 0 fully saturated rings. The van der Waals surface area contributed by atoms with Gasteiger partial charge in [0.25, 0.3) is 0 Å². The molecule has 0 spiro atoms. The van der Waals surface area contributed by atoms with Crippen molar-refractivity contribution >= 4 is 11.8 Å². The minimum absolute atomic E-state index is 0.194. The first-order valence-corrected chi connectivity index (χ1v) is 7.75. The number of nitrogens with zero attached hydrogens (tertiary/aromatic N) is 2. The molecular formula is C18H24N4O. The molecule has 1 aromatic heterocycles. The lowest BCUT2D eigenvalue weighted by Crippen LogP contribution is -2.05. The molecule has 0 saturated heterocycles. The highest BCUT2D eigenvalue weighted by molar-refractivity contribution is 5.49. The molecule has 5 heteroatoms. The van der Waals surface area contributed by atoms with Crippen LogP contribution in [0.4, 0.5) is 11.8 Å². The van der Waals surface area contributed by atoms with E-state index in [1.165, 1.54) is 5.56 Å². The molecule has 0 atom stereocenters. The zero-order valence-electron chi connectivity index (χ0n) is 13.8. The molecule has 0 radical (unpaired) electrons. The molecule has 5 nitrogen and oxygen atoms in total. The standard InChI is InChI=1S/C18H24N4O/c1-4-6-13-8-12(9-14(7-5-2)16(13)23-3)10-15-11-21-18(20)22-17(15)19/h4,8-9,11H,1,5-7,10H2,2-3H3,(H4,19,20,21,22). The number of hydrogen-bond donors (Lipinski definition) is 2. The maximum atomic E-state index is 5.95. The van der Waals surface area contributed by atoms with Crippen LogP contribution in [0.1, 0.15) is 35.6 Å². The third kappa shape index (κ3) is 4.00. The van der Waals surface area contributed by atoms with Gasteiger partial charge in [-0.15, -0.1) is 6.58 Å². The van der Waals surface area contributed by atoms with E-state index < -0.39 is 0 Å². The van der Waals surface area contributed by atoms with Crippen molar-refractivity contribution in [2.45, 2.75) is 32.6 Å². The first-order chi connectivity index (χ1) is 11.1. The number of rotatable bonds is 7. The quantitative estimate of drug-likeness (QED) is 0.768. The lowest BCUT2D eigenvalue weighted by Gasteiger charge is -2.15. The van der Waals surface area contributed by atoms with E-state index in [9.17, 15) is 0 Å². The number of anilines is 2. The number of hydrogen-bond acceptors (Lipinski definition) is 5. The second kappa shape index (κ2) is 7.63. The summed E-state index contributed by atoms with van der Waals surface area (Å²) in [5.74, 6) is 1.58. The average Bonchev–Trinajstić information content (AvgIpc) is 2.51. The van der Waals surface area contributed by atoms with Gasteiger partial charge in [-0.3, -0.25) is 0 Å². The van der Waals surface area contributed by atoms with Crippen LogP contribution >= 0.6 is 0 Å². The Hall–Kier alpha value is -2.56. The van der Waals surface area contributed by atoms with Crippen LogP contribution in [0.3, 0.4) is 0 Å². The fourth-order valence-electron chi connectivity index (χ4n) is 2.74. The van der Waals surface area contributed by atoms with Crippen molar-refractivity contribution in [2.24, 2.45) is 0 Å². The molecule has 0 saturated carbocycles. The molecule has 4 N–H and O–H groups in total. The number of allylic oxidation sites excluding steroid dienone is 1. The van der Waals surface area contributed by atoms with Crippen LogP contribution in [0.15, 0.2) is 31.0 Å². The van der Waals surface area contributed by atoms with Crippen LogP contribution in [0.2, 0.25) is 0 Å². The number of nitrogen functional groups attached to an aromatic ring is 2. The monoisotopic (exact) mass is 312 g/mol. The molecule has 0 aliphatic rings. The Kier molecular flexibility index (Phi) is 5.57. The zero-order valence-corrected chi connectivity index (χ0v) is 13.8. The van der Waals surface area contributed by atoms with Gasteiger partial charge < -0.3 is 16.2 Å². The summed E-state index contributed by atoms with van der Waals surface area (Å²) < 4.78 is 5.61. The molecule has 0 aliphatic heterocycles. The van der Waals surface area contributed by atoms with E-state index in [-0.39, 0.29) is 5.95 Å². The van der Waals surface area contributed by atoms with E-state index in [1.807, 2.05) is 6.08 Å². The summed E-state index contributed by atoms with van der Waals surface area (Å²) in [6, 6.07) is 4.31. The topological polar surface area (TPSA) is 87.0 Å². The molecule has 1 heterocycles. The van der Waals surface area contributed by atoms with Crippen molar-refractivity contribution < 1.29 is 4.74 Å². The van der Waals surface area contributed by atoms with Gasteiger partial charge in [0.1, 0.15) is 11.6 Å². The summed E-state index contributed by atoms with van der Waals surface area (Å²) in [5.41, 5.74) is 15.9. The molecule has 1 aromatic carbocycles. The van der Waals surface area contributed by atoms with Crippen molar-refractivity contribution in [3.8, 4) is 5.75 Å². The highest BCUT2D eigenvalue weighted by Crippen LogP contribution is 2.29. The Labute approximate surface area is 137 Å². The van der Waals surface area contributed by atoms with E-state index in [4.69, 9.17) is 16.2 Å². The minimum atomic E-state index is 0.194. The van der Waals surface area contributed by atoms with Gasteiger partial charge >= 0.3 is 0 Å². The van der Waals surface area contributed by atoms with E-state index in [2.05, 4.69) is 35.6 Å². The Balaban J connectivity index is 2.42. The number of ether oxygens (including phenoxy) is 1. The summed E-state index contributed by atoms with van der Waals surface area (Å²) in [6.07, 6.45) is 7.03. The number of benzene rings is 1. The highest BCUT2D eigenvalue weighted by atomic mass is 16.5. The van der Waals surface area contributed by atoms with E-state index in [1.54, 1.807) is 13.3 Å². The molecule has 0 unspecified atom stereocenters. The van der Waals surface area contributed by atoms with Crippen LogP contribution in [0.25, 0.3) is 0 Å². The van der Waals surface area contributed by atoms with Crippen LogP contribution in [0, 0.1) is 0 Å². The maximum absolute atomic E-state index is 5.95. The van der Waals surface area contributed by atoms with Crippen molar-refractivity contribution in [3.63, 3.8) is 0 Å². The third-order valence-corrected chi connectivity index (χ3v) is 3.70. The van der Waals surface area contributed by atoms with Gasteiger partial charge in [-0.2, -0.15) is 4.98 Å². The number of methoxy groups -OCH3 is 1. The normalized spacial score (nSPS) is 10.5. The third-order valence-electron chi connectivity index (χ3n) is 3.70. The summed E-state index contributed by atoms with van der Waals surface area (Å²) in [7, 11) is 1.71. The lowest BCUT2D eigenvalue weighted by molar-refractivity contribution is 0.405. The number of aromatic nitrogens is 2. The molecular weight excluding hydrogens is 288 g/mol. The van der Waals surface area contributed by atoms with Gasteiger partial charge in [0.2, 0.25) is 5.95 Å². The van der Waals surface area contributed by atoms with Gasteiger partial charge in [-0.1, -0.05) is 31.6 Å². The fourth-order valence-corrected chi connectivity index (χ4v) is 2.74. The first kappa shape index (κ1) is 16.8. The Morgan fingerprint density at radius 2 is 1.96 bits per heavy atom. The van der Waals surface area contributed by atoms with E-state index in [0.29, 0.717) is 12.2 Å². The van der Waals surface area contributed by atoms with Crippen LogP contribution < -0.4 is 16.2 Å². The largest absolute Gasteiger partial charge is 0.496 e. The Morgan fingerprint density at radius 1 is 1.22 bits per heavy atom. The van der Waals surface area contributed by atoms with Crippen molar-refractivity contribution in [1.82, 2.24) is 9.97 Å². The fraction of sp³-hybridized carbons (Fsp3) is 0.333. The minimum Gasteiger partial charge on any atom is -0.496 e. The second-order valence-corrected chi connectivity index (χ2v) is 5.51. The lowest BCUT2D eigenvalue weighted by atomic mass is 9.96. The second-order valence-electron chi connectivity index (χ2n) is 5.51. The van der Waals surface area contributed by atoms with Gasteiger partial charge in [0, 0.05) is 18.2 Å². The average molecular weight is 312 g/mol. The smallest absolute Gasteiger partial charge is 0.221 e. The summed E-state index contributed by atoms with van der Waals surface area (Å²) in [4.78, 5) is 8.06. The summed E-state index contributed by atoms with van der Waals surface area (Å²) in [5, 5.41) is 0. The molecule has 2 rings (SSSR count). The molecule has 122 valence electrons. The molecule has 23 heavy (non-hydrogen) atoms. The Morgan fingerprint density at radius 3 is 2.57 bits per heavy atom. The number of nitrogens with two attached hydrogens (primary N) is 2. The SMILES string of the molecule is C=CCc1cc(Cc2cnc(N)nc2N)cc(CCC)c1OC. The zero-order chi connectivity index (χ0) is 16.8. The van der Waals surface area contributed by atoms with Crippen molar-refractivity contribution in [1.29, 1.82) is 0 Å². The van der Waals surface area contributed by atoms with Crippen molar-refractivity contribution in [2.75, 3.05) is 18.6 Å². The van der Waals surface area contributed by atoms with Gasteiger partial charge in [0.05, 0.1) is 7.11 Å². The van der Waals surface area contributed by atoms with Crippen LogP contribution in [-0.4, -0.2) is 17.1 Å². The van der Waals surface area contributed by atoms with E-state index in [0.717, 1.165) is 41.7 Å². The first-order valence-electron chi connectivity index (χ1n) is 7.75. The maximum Gasteiger partial charge on any atom is 0.221 e. The van der Waals surface area contributed by atoms with Crippen LogP contribution in [0.5, 0.6) is 5.75 Å². The van der Waals surface area contributed by atoms with Crippen LogP contribution in [-0.2, 0) is 19.3 Å². The summed E-state index contributed by atoms with van der Waals surface area (Å²) in [6.45, 7) is 5.99. The van der Waals surface area contributed by atoms with Crippen molar-refractivity contribution in [3.05, 3.63) is 53.2 Å². The Bertz CT molecular complexity index is 698. The predicted octanol–water partition coefficient (Wildman–Crippen LogP) is 2.92. The number of aryl methyl sites for hydroxylation is 1. The molecule has 0 bridgehead atoms. The summed E-state index contributed by atoms with van der Waals surface area (Å²) >= 11 is 0. The highest BCUT2D eigenvalue weighted by Gasteiger charge is 2.12. The van der Waals surface area contributed by atoms with Gasteiger partial charge in [0.15, 0.2) is 0 Å². The molecule has 2 aromatic rings. The van der Waals surface area contributed by atoms with E-state index >= 15 is 0 Å². The molecule has 0 aliphatic carbocycles. The van der Waals surface area contributed by atoms with Gasteiger partial charge in [-0.25, -0.2) is 4.98 Å². The predicted molar refractivity (Wildman–Crippen MR) is 94.6 cm³/mol. The molecule has 0 amide bonds. The van der Waals surface area contributed by atoms with Gasteiger partial charge in [-0.05, 0) is 29.5 Å².